The molecule has 0 saturated heterocycles. The van der Waals surface area contributed by atoms with Gasteiger partial charge in [-0.15, -0.1) is 0 Å². The summed E-state index contributed by atoms with van der Waals surface area (Å²) in [6, 6.07) is 1.40. The summed E-state index contributed by atoms with van der Waals surface area (Å²) in [5.74, 6) is -3.33. The van der Waals surface area contributed by atoms with Crippen molar-refractivity contribution in [2.45, 2.75) is 13.2 Å². The number of fused-ring (bicyclic) bond motifs is 3. The second-order valence-corrected chi connectivity index (χ2v) is 5.56. The van der Waals surface area contributed by atoms with Crippen molar-refractivity contribution in [1.82, 2.24) is 0 Å². The first kappa shape index (κ1) is 18.3. The zero-order valence-electron chi connectivity index (χ0n) is 14.6. The minimum Gasteiger partial charge on any atom is -0.504 e. The molecule has 0 saturated carbocycles. The highest BCUT2D eigenvalue weighted by atomic mass is 16.7. The first-order chi connectivity index (χ1) is 12.8. The average molecular weight is 376 g/mol. The molecule has 1 aromatic heterocycles. The zero-order valence-corrected chi connectivity index (χ0v) is 14.6. The number of carbonyl (C=O) groups is 1. The van der Waals surface area contributed by atoms with E-state index in [1.807, 2.05) is 0 Å². The Bertz CT molecular complexity index is 1020. The van der Waals surface area contributed by atoms with Crippen molar-refractivity contribution < 1.29 is 38.7 Å². The lowest BCUT2D eigenvalue weighted by Gasteiger charge is -2.29. The van der Waals surface area contributed by atoms with E-state index in [1.165, 1.54) is 19.3 Å². The van der Waals surface area contributed by atoms with Crippen molar-refractivity contribution in [3.8, 4) is 34.1 Å². The molecule has 9 heteroatoms. The Labute approximate surface area is 152 Å². The zero-order chi connectivity index (χ0) is 19.9. The van der Waals surface area contributed by atoms with E-state index in [1.54, 1.807) is 13.0 Å². The van der Waals surface area contributed by atoms with E-state index in [4.69, 9.17) is 18.6 Å². The van der Waals surface area contributed by atoms with Crippen LogP contribution >= 0.6 is 0 Å². The van der Waals surface area contributed by atoms with Crippen LogP contribution in [0.1, 0.15) is 34.9 Å². The maximum absolute atomic E-state index is 12.5. The van der Waals surface area contributed by atoms with E-state index in [9.17, 15) is 24.9 Å². The van der Waals surface area contributed by atoms with Crippen LogP contribution in [0.4, 0.5) is 0 Å². The molecule has 2 heterocycles. The van der Waals surface area contributed by atoms with E-state index < -0.39 is 40.7 Å². The molecular formula is C18H16O9. The lowest BCUT2D eigenvalue weighted by Crippen LogP contribution is -2.23. The first-order valence-corrected chi connectivity index (χ1v) is 7.75. The molecule has 27 heavy (non-hydrogen) atoms. The maximum atomic E-state index is 12.5. The number of carboxylic acid groups (broad SMARTS) is 1. The van der Waals surface area contributed by atoms with Gasteiger partial charge in [-0.1, -0.05) is 6.08 Å². The molecule has 0 amide bonds. The molecule has 0 fully saturated rings. The predicted molar refractivity (Wildman–Crippen MR) is 92.3 cm³/mol. The van der Waals surface area contributed by atoms with Gasteiger partial charge in [0.15, 0.2) is 11.5 Å². The number of hydrogen-bond donors (Lipinski definition) is 3. The van der Waals surface area contributed by atoms with Gasteiger partial charge in [-0.2, -0.15) is 0 Å². The molecule has 0 spiro atoms. The van der Waals surface area contributed by atoms with Crippen molar-refractivity contribution >= 4 is 12.0 Å². The average Bonchev–Trinajstić information content (AvgIpc) is 2.63. The minimum absolute atomic E-state index is 0.00917. The van der Waals surface area contributed by atoms with E-state index in [0.717, 1.165) is 7.11 Å². The van der Waals surface area contributed by atoms with Crippen LogP contribution < -0.4 is 15.1 Å². The SMILES string of the molecule is C/C=C/c1cc2c(c(=O)o1)-c1c(O)c(O)c(OC)c(C(=O)O)c1C(OC)O2. The molecule has 1 atom stereocenters. The van der Waals surface area contributed by atoms with Crippen molar-refractivity contribution in [1.29, 1.82) is 0 Å². The first-order valence-electron chi connectivity index (χ1n) is 7.75. The number of benzene rings is 1. The minimum atomic E-state index is -1.47. The monoisotopic (exact) mass is 376 g/mol. The van der Waals surface area contributed by atoms with Gasteiger partial charge in [0, 0.05) is 18.7 Å². The van der Waals surface area contributed by atoms with E-state index in [2.05, 4.69) is 0 Å². The van der Waals surface area contributed by atoms with Crippen LogP contribution in [0.3, 0.4) is 0 Å². The van der Waals surface area contributed by atoms with Crippen molar-refractivity contribution in [3.63, 3.8) is 0 Å². The normalized spacial score (nSPS) is 15.1. The lowest BCUT2D eigenvalue weighted by molar-refractivity contribution is -0.0591. The molecule has 142 valence electrons. The molecule has 1 aliphatic rings. The van der Waals surface area contributed by atoms with Crippen LogP contribution in [0.2, 0.25) is 0 Å². The molecule has 1 aliphatic heterocycles. The number of allylic oxidation sites excluding steroid dienone is 1. The largest absolute Gasteiger partial charge is 0.504 e. The fourth-order valence-electron chi connectivity index (χ4n) is 3.01. The second-order valence-electron chi connectivity index (χ2n) is 5.56. The fraction of sp³-hybridized carbons (Fsp3) is 0.222. The van der Waals surface area contributed by atoms with Gasteiger partial charge in [-0.3, -0.25) is 0 Å². The summed E-state index contributed by atoms with van der Waals surface area (Å²) < 4.78 is 20.9. The number of carboxylic acids is 1. The predicted octanol–water partition coefficient (Wildman–Crippen LogP) is 2.50. The molecule has 9 nitrogen and oxygen atoms in total. The van der Waals surface area contributed by atoms with Crippen molar-refractivity contribution in [2.24, 2.45) is 0 Å². The summed E-state index contributed by atoms with van der Waals surface area (Å²) in [4.78, 5) is 24.3. The van der Waals surface area contributed by atoms with Crippen LogP contribution in [0.25, 0.3) is 17.2 Å². The molecule has 1 aromatic carbocycles. The van der Waals surface area contributed by atoms with Gasteiger partial charge in [0.2, 0.25) is 12.0 Å². The van der Waals surface area contributed by atoms with Gasteiger partial charge in [-0.05, 0) is 13.0 Å². The fourth-order valence-corrected chi connectivity index (χ4v) is 3.01. The Kier molecular flexibility index (Phi) is 4.54. The summed E-state index contributed by atoms with van der Waals surface area (Å²) in [6.07, 6.45) is 1.89. The van der Waals surface area contributed by atoms with Gasteiger partial charge >= 0.3 is 11.6 Å². The Hall–Kier alpha value is -3.46. The number of hydrogen-bond acceptors (Lipinski definition) is 8. The third-order valence-electron chi connectivity index (χ3n) is 4.06. The molecule has 1 unspecified atom stereocenters. The molecule has 0 radical (unpaired) electrons. The number of phenols is 2. The summed E-state index contributed by atoms with van der Waals surface area (Å²) >= 11 is 0. The topological polar surface area (TPSA) is 136 Å². The number of phenolic OH excluding ortho intramolecular Hbond substituents is 2. The van der Waals surface area contributed by atoms with Crippen LogP contribution in [0.5, 0.6) is 23.0 Å². The summed E-state index contributed by atoms with van der Waals surface area (Å²) in [5, 5.41) is 30.3. The van der Waals surface area contributed by atoms with E-state index in [-0.39, 0.29) is 28.2 Å². The molecule has 0 bridgehead atoms. The smallest absolute Gasteiger partial charge is 0.348 e. The molecule has 3 rings (SSSR count). The summed E-state index contributed by atoms with van der Waals surface area (Å²) in [6.45, 7) is 1.73. The molecular weight excluding hydrogens is 360 g/mol. The molecule has 3 N–H and O–H groups in total. The number of methoxy groups -OCH3 is 2. The number of rotatable bonds is 4. The van der Waals surface area contributed by atoms with E-state index >= 15 is 0 Å². The van der Waals surface area contributed by atoms with Crippen LogP contribution in [0, 0.1) is 0 Å². The number of ether oxygens (including phenoxy) is 3. The van der Waals surface area contributed by atoms with Crippen LogP contribution in [0.15, 0.2) is 21.4 Å². The number of aromatic carboxylic acids is 1. The van der Waals surface area contributed by atoms with Gasteiger partial charge in [0.25, 0.3) is 0 Å². The second kappa shape index (κ2) is 6.69. The summed E-state index contributed by atoms with van der Waals surface area (Å²) in [7, 11) is 2.39. The Balaban J connectivity index is 2.49. The van der Waals surface area contributed by atoms with Gasteiger partial charge in [-0.25, -0.2) is 9.59 Å². The number of aromatic hydroxyl groups is 2. The highest BCUT2D eigenvalue weighted by Gasteiger charge is 2.40. The standard InChI is InChI=1S/C18H16O9/c1-4-5-7-6-8-9(17(23)26-7)10-11(18(25-3)27-8)12(16(21)22)15(24-2)14(20)13(10)19/h4-6,18-20H,1-3H3,(H,21,22)/b5-4+. The van der Waals surface area contributed by atoms with Gasteiger partial charge < -0.3 is 33.9 Å². The van der Waals surface area contributed by atoms with Crippen molar-refractivity contribution in [3.05, 3.63) is 39.4 Å². The van der Waals surface area contributed by atoms with Crippen LogP contribution in [-0.2, 0) is 4.74 Å². The highest BCUT2D eigenvalue weighted by molar-refractivity contribution is 6.00. The summed E-state index contributed by atoms with van der Waals surface area (Å²) in [5.41, 5.74) is -2.04. The van der Waals surface area contributed by atoms with Gasteiger partial charge in [0.1, 0.15) is 22.6 Å². The third kappa shape index (κ3) is 2.68. The lowest BCUT2D eigenvalue weighted by atomic mass is 9.90. The molecule has 2 aromatic rings. The Morgan fingerprint density at radius 2 is 1.93 bits per heavy atom. The third-order valence-corrected chi connectivity index (χ3v) is 4.06. The van der Waals surface area contributed by atoms with Crippen LogP contribution in [-0.4, -0.2) is 35.5 Å². The maximum Gasteiger partial charge on any atom is 0.348 e. The molecule has 0 aliphatic carbocycles. The van der Waals surface area contributed by atoms with E-state index in [0.29, 0.717) is 0 Å². The van der Waals surface area contributed by atoms with Crippen molar-refractivity contribution in [2.75, 3.05) is 14.2 Å². The Morgan fingerprint density at radius 1 is 1.22 bits per heavy atom. The quantitative estimate of drug-likeness (QED) is 0.688. The van der Waals surface area contributed by atoms with Gasteiger partial charge in [0.05, 0.1) is 12.7 Å². The Morgan fingerprint density at radius 3 is 2.48 bits per heavy atom. The highest BCUT2D eigenvalue weighted by Crippen LogP contribution is 2.54.